The quantitative estimate of drug-likeness (QED) is 0.355. The van der Waals surface area contributed by atoms with Crippen LogP contribution in [0.5, 0.6) is 0 Å². The summed E-state index contributed by atoms with van der Waals surface area (Å²) in [6.45, 7) is 5.23. The Balaban J connectivity index is 2.70. The van der Waals surface area contributed by atoms with Crippen LogP contribution < -0.4 is 5.32 Å². The average molecular weight is 379 g/mol. The van der Waals surface area contributed by atoms with Crippen molar-refractivity contribution < 1.29 is 4.39 Å². The fourth-order valence-electron chi connectivity index (χ4n) is 2.44. The van der Waals surface area contributed by atoms with E-state index in [4.69, 9.17) is 11.6 Å². The predicted molar refractivity (Wildman–Crippen MR) is 93.5 cm³/mol. The van der Waals surface area contributed by atoms with Gasteiger partial charge in [-0.15, -0.1) is 0 Å². The second-order valence-corrected chi connectivity index (χ2v) is 6.76. The van der Waals surface area contributed by atoms with Gasteiger partial charge in [-0.1, -0.05) is 57.6 Å². The fourth-order valence-corrected chi connectivity index (χ4v) is 2.93. The van der Waals surface area contributed by atoms with E-state index in [0.29, 0.717) is 15.1 Å². The molecular formula is C17H26BrClFN. The molecule has 0 amide bonds. The van der Waals surface area contributed by atoms with Crippen molar-refractivity contribution >= 4 is 27.5 Å². The first kappa shape index (κ1) is 18.9. The predicted octanol–water partition coefficient (Wildman–Crippen LogP) is 6.64. The van der Waals surface area contributed by atoms with E-state index in [2.05, 4.69) is 35.1 Å². The normalized spacial score (nSPS) is 12.6. The van der Waals surface area contributed by atoms with E-state index < -0.39 is 0 Å². The van der Waals surface area contributed by atoms with Crippen LogP contribution >= 0.6 is 27.5 Å². The lowest BCUT2D eigenvalue weighted by molar-refractivity contribution is 0.450. The van der Waals surface area contributed by atoms with Crippen LogP contribution in [0.2, 0.25) is 5.02 Å². The van der Waals surface area contributed by atoms with Crippen molar-refractivity contribution in [3.05, 3.63) is 33.0 Å². The van der Waals surface area contributed by atoms with Gasteiger partial charge in [-0.25, -0.2) is 4.39 Å². The summed E-state index contributed by atoms with van der Waals surface area (Å²) in [7, 11) is 0. The number of unbranched alkanes of at least 4 members (excludes halogenated alkanes) is 4. The Hall–Kier alpha value is -0.120. The molecule has 0 aromatic heterocycles. The third-order valence-corrected chi connectivity index (χ3v) is 4.85. The first-order chi connectivity index (χ1) is 10.1. The van der Waals surface area contributed by atoms with E-state index in [1.54, 1.807) is 6.07 Å². The monoisotopic (exact) mass is 377 g/mol. The Morgan fingerprint density at radius 2 is 1.86 bits per heavy atom. The molecule has 0 heterocycles. The summed E-state index contributed by atoms with van der Waals surface area (Å²) in [5.41, 5.74) is 0.687. The van der Waals surface area contributed by atoms with E-state index in [1.165, 1.54) is 31.7 Å². The Morgan fingerprint density at radius 3 is 2.52 bits per heavy atom. The van der Waals surface area contributed by atoms with Gasteiger partial charge in [0, 0.05) is 16.1 Å². The van der Waals surface area contributed by atoms with E-state index >= 15 is 0 Å². The number of hydrogen-bond acceptors (Lipinski definition) is 1. The molecule has 0 saturated heterocycles. The molecule has 0 aliphatic rings. The minimum absolute atomic E-state index is 0.0529. The minimum Gasteiger partial charge on any atom is -0.310 e. The zero-order valence-electron chi connectivity index (χ0n) is 13.0. The van der Waals surface area contributed by atoms with Crippen molar-refractivity contribution in [2.24, 2.45) is 0 Å². The third kappa shape index (κ3) is 6.66. The number of rotatable bonds is 10. The lowest BCUT2D eigenvalue weighted by atomic mass is 9.99. The highest BCUT2D eigenvalue weighted by molar-refractivity contribution is 9.10. The van der Waals surface area contributed by atoms with Gasteiger partial charge in [-0.3, -0.25) is 0 Å². The second kappa shape index (κ2) is 10.6. The van der Waals surface area contributed by atoms with Gasteiger partial charge >= 0.3 is 0 Å². The molecule has 0 fully saturated rings. The summed E-state index contributed by atoms with van der Waals surface area (Å²) in [5, 5.41) is 4.02. The minimum atomic E-state index is -0.187. The van der Waals surface area contributed by atoms with Crippen molar-refractivity contribution in [3.63, 3.8) is 0 Å². The van der Waals surface area contributed by atoms with Crippen LogP contribution in [0.25, 0.3) is 0 Å². The lowest BCUT2D eigenvalue weighted by Crippen LogP contribution is -2.23. The Labute approximate surface area is 141 Å². The van der Waals surface area contributed by atoms with Crippen LogP contribution in [0, 0.1) is 5.82 Å². The number of benzene rings is 1. The number of nitrogens with one attached hydrogen (secondary N) is 1. The van der Waals surface area contributed by atoms with Gasteiger partial charge in [0.25, 0.3) is 0 Å². The van der Waals surface area contributed by atoms with Crippen molar-refractivity contribution in [1.82, 2.24) is 5.32 Å². The van der Waals surface area contributed by atoms with Gasteiger partial charge < -0.3 is 5.32 Å². The van der Waals surface area contributed by atoms with Gasteiger partial charge in [0.2, 0.25) is 0 Å². The zero-order valence-corrected chi connectivity index (χ0v) is 15.4. The number of halogens is 3. The van der Waals surface area contributed by atoms with Gasteiger partial charge in [0.05, 0.1) is 5.02 Å². The standard InChI is InChI=1S/C17H26BrClFN/c1-3-5-6-7-8-9-17(21-10-4-2)13-11-15(19)14(18)12-16(13)20/h11-12,17,21H,3-10H2,1-2H3. The largest absolute Gasteiger partial charge is 0.310 e. The maximum atomic E-state index is 14.2. The van der Waals surface area contributed by atoms with Gasteiger partial charge in [0.1, 0.15) is 5.82 Å². The molecule has 0 radical (unpaired) electrons. The lowest BCUT2D eigenvalue weighted by Gasteiger charge is -2.20. The molecule has 0 saturated carbocycles. The van der Waals surface area contributed by atoms with E-state index in [9.17, 15) is 4.39 Å². The van der Waals surface area contributed by atoms with Gasteiger partial charge in [-0.05, 0) is 47.4 Å². The molecule has 1 aromatic rings. The van der Waals surface area contributed by atoms with Crippen molar-refractivity contribution in [2.45, 2.75) is 64.8 Å². The van der Waals surface area contributed by atoms with E-state index in [1.807, 2.05) is 0 Å². The van der Waals surface area contributed by atoms with Crippen molar-refractivity contribution in [3.8, 4) is 0 Å². The van der Waals surface area contributed by atoms with Crippen LogP contribution in [-0.2, 0) is 0 Å². The van der Waals surface area contributed by atoms with E-state index in [-0.39, 0.29) is 11.9 Å². The first-order valence-corrected chi connectivity index (χ1v) is 9.15. The van der Waals surface area contributed by atoms with Crippen molar-refractivity contribution in [1.29, 1.82) is 0 Å². The summed E-state index contributed by atoms with van der Waals surface area (Å²) >= 11 is 9.40. The summed E-state index contributed by atoms with van der Waals surface area (Å²) in [5.74, 6) is -0.187. The van der Waals surface area contributed by atoms with Crippen LogP contribution in [0.1, 0.15) is 70.4 Å². The second-order valence-electron chi connectivity index (χ2n) is 5.50. The molecule has 0 spiro atoms. The molecule has 0 bridgehead atoms. The highest BCUT2D eigenvalue weighted by atomic mass is 79.9. The molecule has 0 aliphatic carbocycles. The maximum absolute atomic E-state index is 14.2. The molecule has 1 nitrogen and oxygen atoms in total. The molecule has 1 N–H and O–H groups in total. The summed E-state index contributed by atoms with van der Waals surface area (Å²) in [6, 6.07) is 3.27. The summed E-state index contributed by atoms with van der Waals surface area (Å²) in [6.07, 6.45) is 8.12. The third-order valence-electron chi connectivity index (χ3n) is 3.65. The zero-order chi connectivity index (χ0) is 15.7. The molecule has 1 unspecified atom stereocenters. The molecule has 120 valence electrons. The fraction of sp³-hybridized carbons (Fsp3) is 0.647. The van der Waals surface area contributed by atoms with Crippen LogP contribution in [-0.4, -0.2) is 6.54 Å². The Kier molecular flexibility index (Phi) is 9.54. The molecular weight excluding hydrogens is 353 g/mol. The van der Waals surface area contributed by atoms with Crippen LogP contribution in [0.3, 0.4) is 0 Å². The van der Waals surface area contributed by atoms with Crippen LogP contribution in [0.4, 0.5) is 4.39 Å². The summed E-state index contributed by atoms with van der Waals surface area (Å²) in [4.78, 5) is 0. The highest BCUT2D eigenvalue weighted by Crippen LogP contribution is 2.31. The van der Waals surface area contributed by atoms with Crippen LogP contribution in [0.15, 0.2) is 16.6 Å². The Morgan fingerprint density at radius 1 is 1.14 bits per heavy atom. The molecule has 21 heavy (non-hydrogen) atoms. The molecule has 4 heteroatoms. The van der Waals surface area contributed by atoms with Crippen molar-refractivity contribution in [2.75, 3.05) is 6.54 Å². The van der Waals surface area contributed by atoms with Gasteiger partial charge in [-0.2, -0.15) is 0 Å². The smallest absolute Gasteiger partial charge is 0.129 e. The number of hydrogen-bond donors (Lipinski definition) is 1. The topological polar surface area (TPSA) is 12.0 Å². The average Bonchev–Trinajstić information content (AvgIpc) is 2.46. The highest BCUT2D eigenvalue weighted by Gasteiger charge is 2.17. The van der Waals surface area contributed by atoms with Gasteiger partial charge in [0.15, 0.2) is 0 Å². The summed E-state index contributed by atoms with van der Waals surface area (Å²) < 4.78 is 14.8. The SMILES string of the molecule is CCCCCCCC(NCCC)c1cc(Cl)c(Br)cc1F. The molecule has 0 aliphatic heterocycles. The molecule has 1 atom stereocenters. The maximum Gasteiger partial charge on any atom is 0.129 e. The molecule has 1 rings (SSSR count). The molecule has 1 aromatic carbocycles. The Bertz CT molecular complexity index is 425. The van der Waals surface area contributed by atoms with E-state index in [0.717, 1.165) is 25.8 Å². The first-order valence-electron chi connectivity index (χ1n) is 7.98.